The van der Waals surface area contributed by atoms with Gasteiger partial charge in [0.2, 0.25) is 11.8 Å². The molecule has 0 atom stereocenters. The number of hydrogen-bond acceptors (Lipinski definition) is 5. The van der Waals surface area contributed by atoms with Crippen molar-refractivity contribution in [3.05, 3.63) is 65.1 Å². The first-order valence-corrected chi connectivity index (χ1v) is 9.06. The number of nitrogens with one attached hydrogen (secondary N) is 2. The van der Waals surface area contributed by atoms with Crippen molar-refractivity contribution in [3.8, 4) is 5.95 Å². The third-order valence-corrected chi connectivity index (χ3v) is 3.90. The second-order valence-corrected chi connectivity index (χ2v) is 6.66. The van der Waals surface area contributed by atoms with Crippen molar-refractivity contribution in [2.24, 2.45) is 0 Å². The monoisotopic (exact) mass is 390 g/mol. The highest BCUT2D eigenvalue weighted by molar-refractivity contribution is 6.01. The lowest BCUT2D eigenvalue weighted by atomic mass is 10.2. The molecular formula is C21H22N6O2. The van der Waals surface area contributed by atoms with E-state index in [1.54, 1.807) is 24.3 Å². The van der Waals surface area contributed by atoms with Gasteiger partial charge in [0.05, 0.1) is 5.69 Å². The van der Waals surface area contributed by atoms with Gasteiger partial charge in [-0.2, -0.15) is 9.78 Å². The number of hydrogen-bond donors (Lipinski definition) is 2. The van der Waals surface area contributed by atoms with Gasteiger partial charge in [0.25, 0.3) is 5.95 Å². The predicted molar refractivity (Wildman–Crippen MR) is 112 cm³/mol. The zero-order valence-corrected chi connectivity index (χ0v) is 16.7. The van der Waals surface area contributed by atoms with Crippen molar-refractivity contribution in [1.82, 2.24) is 19.7 Å². The van der Waals surface area contributed by atoms with Gasteiger partial charge in [0.1, 0.15) is 5.82 Å². The first kappa shape index (κ1) is 19.9. The first-order chi connectivity index (χ1) is 13.8. The summed E-state index contributed by atoms with van der Waals surface area (Å²) in [5.74, 6) is 0.459. The molecule has 0 aliphatic rings. The van der Waals surface area contributed by atoms with Gasteiger partial charge in [-0.1, -0.05) is 12.1 Å². The Hall–Kier alpha value is -3.81. The maximum atomic E-state index is 12.4. The second-order valence-electron chi connectivity index (χ2n) is 6.66. The van der Waals surface area contributed by atoms with Gasteiger partial charge < -0.3 is 10.6 Å². The highest BCUT2D eigenvalue weighted by Crippen LogP contribution is 2.16. The second kappa shape index (κ2) is 8.47. The van der Waals surface area contributed by atoms with Crippen LogP contribution < -0.4 is 10.6 Å². The number of amides is 2. The van der Waals surface area contributed by atoms with Crippen molar-refractivity contribution < 1.29 is 9.59 Å². The maximum Gasteiger partial charge on any atom is 0.252 e. The summed E-state index contributed by atoms with van der Waals surface area (Å²) in [5, 5.41) is 9.90. The zero-order chi connectivity index (χ0) is 21.0. The first-order valence-electron chi connectivity index (χ1n) is 9.06. The maximum absolute atomic E-state index is 12.4. The lowest BCUT2D eigenvalue weighted by Gasteiger charge is -2.07. The number of rotatable bonds is 5. The Balaban J connectivity index is 1.74. The molecule has 0 aliphatic carbocycles. The largest absolute Gasteiger partial charge is 0.326 e. The molecule has 0 unspecified atom stereocenters. The van der Waals surface area contributed by atoms with E-state index in [1.807, 2.05) is 39.0 Å². The van der Waals surface area contributed by atoms with Crippen molar-refractivity contribution >= 4 is 29.4 Å². The molecule has 148 valence electrons. The van der Waals surface area contributed by atoms with E-state index in [1.165, 1.54) is 17.7 Å². The van der Waals surface area contributed by atoms with E-state index in [0.29, 0.717) is 17.5 Å². The third kappa shape index (κ3) is 5.35. The molecule has 3 aromatic rings. The molecule has 8 nitrogen and oxygen atoms in total. The summed E-state index contributed by atoms with van der Waals surface area (Å²) < 4.78 is 1.52. The van der Waals surface area contributed by atoms with Crippen LogP contribution in [0.25, 0.3) is 12.0 Å². The summed E-state index contributed by atoms with van der Waals surface area (Å²) in [5.41, 5.74) is 3.91. The Morgan fingerprint density at radius 2 is 1.59 bits per heavy atom. The van der Waals surface area contributed by atoms with Crippen LogP contribution in [-0.2, 0) is 9.59 Å². The molecule has 2 aromatic heterocycles. The van der Waals surface area contributed by atoms with Crippen LogP contribution in [0.4, 0.5) is 11.5 Å². The summed E-state index contributed by atoms with van der Waals surface area (Å²) in [7, 11) is 0. The van der Waals surface area contributed by atoms with Crippen LogP contribution in [0, 0.1) is 20.8 Å². The van der Waals surface area contributed by atoms with Gasteiger partial charge >= 0.3 is 0 Å². The van der Waals surface area contributed by atoms with Gasteiger partial charge in [-0.05, 0) is 50.6 Å². The van der Waals surface area contributed by atoms with E-state index >= 15 is 0 Å². The van der Waals surface area contributed by atoms with Crippen molar-refractivity contribution in [2.45, 2.75) is 27.7 Å². The zero-order valence-electron chi connectivity index (χ0n) is 16.7. The van der Waals surface area contributed by atoms with E-state index in [4.69, 9.17) is 0 Å². The minimum absolute atomic E-state index is 0.132. The molecule has 2 amide bonds. The third-order valence-electron chi connectivity index (χ3n) is 3.90. The summed E-state index contributed by atoms with van der Waals surface area (Å²) >= 11 is 0. The minimum Gasteiger partial charge on any atom is -0.326 e. The Bertz CT molecular complexity index is 1060. The topological polar surface area (TPSA) is 102 Å². The molecule has 0 saturated heterocycles. The number of anilines is 2. The van der Waals surface area contributed by atoms with Crippen LogP contribution >= 0.6 is 0 Å². The molecule has 8 heteroatoms. The summed E-state index contributed by atoms with van der Waals surface area (Å²) in [6.45, 7) is 7.05. The Kier molecular flexibility index (Phi) is 5.82. The van der Waals surface area contributed by atoms with E-state index in [-0.39, 0.29) is 11.8 Å². The van der Waals surface area contributed by atoms with Gasteiger partial charge in [0.15, 0.2) is 0 Å². The molecule has 0 fully saturated rings. The molecule has 0 aliphatic heterocycles. The molecule has 0 radical (unpaired) electrons. The van der Waals surface area contributed by atoms with Crippen molar-refractivity contribution in [2.75, 3.05) is 10.6 Å². The molecule has 0 spiro atoms. The summed E-state index contributed by atoms with van der Waals surface area (Å²) in [6, 6.07) is 10.8. The molecule has 29 heavy (non-hydrogen) atoms. The standard InChI is InChI=1S/C21H22N6O2/c1-13-11-14(2)23-21(22-13)27-19(12-15(3)26-27)25-20(29)10-7-17-5-8-18(9-6-17)24-16(4)28/h5-12H,1-4H3,(H,24,28)(H,25,29)/b10-7+. The van der Waals surface area contributed by atoms with E-state index in [9.17, 15) is 9.59 Å². The Labute approximate surface area is 168 Å². The predicted octanol–water partition coefficient (Wildman–Crippen LogP) is 3.20. The van der Waals surface area contributed by atoms with E-state index < -0.39 is 0 Å². The SMILES string of the molecule is CC(=O)Nc1ccc(/C=C/C(=O)Nc2cc(C)nn2-c2nc(C)cc(C)n2)cc1. The van der Waals surface area contributed by atoms with Crippen molar-refractivity contribution in [3.63, 3.8) is 0 Å². The number of aromatic nitrogens is 4. The molecule has 1 aromatic carbocycles. The van der Waals surface area contributed by atoms with Gasteiger partial charge in [0, 0.05) is 36.1 Å². The summed E-state index contributed by atoms with van der Waals surface area (Å²) in [6.07, 6.45) is 3.12. The normalized spacial score (nSPS) is 10.9. The fourth-order valence-electron chi connectivity index (χ4n) is 2.76. The minimum atomic E-state index is -0.304. The molecule has 0 bridgehead atoms. The summed E-state index contributed by atoms with van der Waals surface area (Å²) in [4.78, 5) is 32.2. The fourth-order valence-corrected chi connectivity index (χ4v) is 2.76. The van der Waals surface area contributed by atoms with Crippen LogP contribution in [-0.4, -0.2) is 31.6 Å². The molecule has 2 N–H and O–H groups in total. The van der Waals surface area contributed by atoms with Crippen LogP contribution in [0.2, 0.25) is 0 Å². The lowest BCUT2D eigenvalue weighted by Crippen LogP contribution is -2.14. The molecule has 0 saturated carbocycles. The van der Waals surface area contributed by atoms with Crippen LogP contribution in [0.5, 0.6) is 0 Å². The number of aryl methyl sites for hydroxylation is 3. The van der Waals surface area contributed by atoms with Crippen LogP contribution in [0.1, 0.15) is 29.6 Å². The number of carbonyl (C=O) groups is 2. The Morgan fingerprint density at radius 1 is 0.931 bits per heavy atom. The Morgan fingerprint density at radius 3 is 2.21 bits per heavy atom. The average molecular weight is 390 g/mol. The van der Waals surface area contributed by atoms with Gasteiger partial charge in [-0.3, -0.25) is 9.59 Å². The average Bonchev–Trinajstić information content (AvgIpc) is 3.00. The fraction of sp³-hybridized carbons (Fsp3) is 0.190. The number of nitrogens with zero attached hydrogens (tertiary/aromatic N) is 4. The quantitative estimate of drug-likeness (QED) is 0.652. The van der Waals surface area contributed by atoms with Crippen LogP contribution in [0.3, 0.4) is 0 Å². The van der Waals surface area contributed by atoms with E-state index in [2.05, 4.69) is 25.7 Å². The molecular weight excluding hydrogens is 368 g/mol. The number of benzene rings is 1. The highest BCUT2D eigenvalue weighted by atomic mass is 16.2. The molecule has 2 heterocycles. The number of carbonyl (C=O) groups excluding carboxylic acids is 2. The highest BCUT2D eigenvalue weighted by Gasteiger charge is 2.12. The van der Waals surface area contributed by atoms with Crippen LogP contribution in [0.15, 0.2) is 42.5 Å². The lowest BCUT2D eigenvalue weighted by molar-refractivity contribution is -0.114. The van der Waals surface area contributed by atoms with Gasteiger partial charge in [-0.25, -0.2) is 9.97 Å². The molecule has 3 rings (SSSR count). The van der Waals surface area contributed by atoms with Gasteiger partial charge in [-0.15, -0.1) is 0 Å². The van der Waals surface area contributed by atoms with E-state index in [0.717, 1.165) is 22.6 Å². The van der Waals surface area contributed by atoms with Crippen molar-refractivity contribution in [1.29, 1.82) is 0 Å². The smallest absolute Gasteiger partial charge is 0.252 e.